The molecule has 2 aliphatic rings. The van der Waals surface area contributed by atoms with Crippen molar-refractivity contribution < 1.29 is 27.5 Å². The molecule has 2 fully saturated rings. The van der Waals surface area contributed by atoms with E-state index in [1.165, 1.54) is 6.92 Å². The van der Waals surface area contributed by atoms with E-state index in [-0.39, 0.29) is 43.0 Å². The normalized spacial score (nSPS) is 29.8. The molecule has 12 heteroatoms. The fourth-order valence-corrected chi connectivity index (χ4v) is 3.75. The van der Waals surface area contributed by atoms with Crippen LogP contribution in [0, 0.1) is 0 Å². The lowest BCUT2D eigenvalue weighted by atomic mass is 9.93. The van der Waals surface area contributed by atoms with Gasteiger partial charge in [0.1, 0.15) is 6.29 Å². The quantitative estimate of drug-likeness (QED) is 0.313. The van der Waals surface area contributed by atoms with Gasteiger partial charge in [0.2, 0.25) is 5.91 Å². The van der Waals surface area contributed by atoms with Crippen LogP contribution in [-0.4, -0.2) is 62.0 Å². The van der Waals surface area contributed by atoms with Crippen LogP contribution in [0.5, 0.6) is 0 Å². The maximum Gasteiger partial charge on any atom is 0.522 e. The van der Waals surface area contributed by atoms with E-state index in [4.69, 9.17) is 0 Å². The van der Waals surface area contributed by atoms with Gasteiger partial charge in [-0.05, 0) is 52.0 Å². The Labute approximate surface area is 174 Å². The zero-order valence-electron chi connectivity index (χ0n) is 17.4. The van der Waals surface area contributed by atoms with E-state index in [0.717, 1.165) is 12.8 Å². The molecule has 3 unspecified atom stereocenters. The van der Waals surface area contributed by atoms with E-state index >= 15 is 0 Å². The summed E-state index contributed by atoms with van der Waals surface area (Å²) in [5, 5.41) is 18.2. The number of carbonyl (C=O) groups is 2. The Bertz CT molecular complexity index is 558. The summed E-state index contributed by atoms with van der Waals surface area (Å²) in [7, 11) is 0. The monoisotopic (exact) mass is 438 g/mol. The smallest absolute Gasteiger partial charge is 0.356 e. The maximum absolute atomic E-state index is 12.3. The van der Waals surface area contributed by atoms with Gasteiger partial charge < -0.3 is 21.3 Å². The van der Waals surface area contributed by atoms with Crippen molar-refractivity contribution in [3.05, 3.63) is 0 Å². The van der Waals surface area contributed by atoms with E-state index in [0.29, 0.717) is 25.9 Å². The topological polar surface area (TPSA) is 116 Å². The summed E-state index contributed by atoms with van der Waals surface area (Å²) in [4.78, 5) is 23.2. The molecule has 0 spiro atoms. The number of carbonyl (C=O) groups excluding carboxylic acids is 2. The van der Waals surface area contributed by atoms with Gasteiger partial charge in [0.25, 0.3) is 0 Å². The molecule has 1 aliphatic carbocycles. The molecule has 1 aliphatic heterocycles. The summed E-state index contributed by atoms with van der Waals surface area (Å²) >= 11 is 0. The second kappa shape index (κ2) is 11.7. The number of nitrogens with one attached hydrogen (secondary N) is 6. The molecule has 0 aromatic carbocycles. The summed E-state index contributed by atoms with van der Waals surface area (Å²) in [5.41, 5.74) is 0. The van der Waals surface area contributed by atoms with Crippen molar-refractivity contribution in [3.8, 4) is 0 Å². The fraction of sp³-hybridized carbons (Fsp3) is 0.889. The van der Waals surface area contributed by atoms with Crippen molar-refractivity contribution in [3.63, 3.8) is 0 Å². The highest BCUT2D eigenvalue weighted by atomic mass is 19.4. The molecule has 9 nitrogen and oxygen atoms in total. The lowest BCUT2D eigenvalue weighted by Gasteiger charge is -2.37. The molecule has 0 radical (unpaired) electrons. The van der Waals surface area contributed by atoms with Gasteiger partial charge in [-0.3, -0.25) is 20.2 Å². The lowest BCUT2D eigenvalue weighted by Crippen LogP contribution is -2.68. The molecule has 1 heterocycles. The van der Waals surface area contributed by atoms with Crippen LogP contribution in [0.15, 0.2) is 0 Å². The van der Waals surface area contributed by atoms with E-state index in [2.05, 4.69) is 36.6 Å². The largest absolute Gasteiger partial charge is 0.522 e. The number of alkyl halides is 3. The van der Waals surface area contributed by atoms with Gasteiger partial charge in [0.05, 0.1) is 12.3 Å². The van der Waals surface area contributed by atoms with Crippen LogP contribution in [0.1, 0.15) is 52.4 Å². The summed E-state index contributed by atoms with van der Waals surface area (Å²) < 4.78 is 40.9. The van der Waals surface area contributed by atoms with Crippen LogP contribution >= 0.6 is 0 Å². The molecule has 2 rings (SSSR count). The summed E-state index contributed by atoms with van der Waals surface area (Å²) in [6, 6.07) is -0.389. The van der Waals surface area contributed by atoms with Crippen molar-refractivity contribution in [2.75, 3.05) is 13.1 Å². The van der Waals surface area contributed by atoms with Gasteiger partial charge in [-0.25, -0.2) is 4.79 Å². The average Bonchev–Trinajstić information content (AvgIpc) is 2.61. The third-order valence-electron chi connectivity index (χ3n) is 5.11. The highest BCUT2D eigenvalue weighted by Crippen LogP contribution is 2.27. The Balaban J connectivity index is 1.66. The van der Waals surface area contributed by atoms with Crippen molar-refractivity contribution in [2.45, 2.75) is 89.4 Å². The Morgan fingerprint density at radius 2 is 1.77 bits per heavy atom. The average molecular weight is 438 g/mol. The van der Waals surface area contributed by atoms with E-state index < -0.39 is 18.8 Å². The molecule has 1 saturated carbocycles. The lowest BCUT2D eigenvalue weighted by molar-refractivity contribution is -0.345. The van der Waals surface area contributed by atoms with E-state index in [9.17, 15) is 22.8 Å². The number of ether oxygens (including phenoxy) is 1. The van der Waals surface area contributed by atoms with Gasteiger partial charge in [-0.2, -0.15) is 0 Å². The van der Waals surface area contributed by atoms with Crippen LogP contribution < -0.4 is 31.9 Å². The maximum atomic E-state index is 12.3. The molecule has 1 saturated heterocycles. The van der Waals surface area contributed by atoms with Crippen LogP contribution in [0.2, 0.25) is 0 Å². The van der Waals surface area contributed by atoms with Gasteiger partial charge in [0, 0.05) is 25.6 Å². The summed E-state index contributed by atoms with van der Waals surface area (Å²) in [5.74, 6) is -0.0553. The molecular formula is C18H33F3N6O3. The first-order chi connectivity index (χ1) is 14.1. The SMILES string of the molecule is CC(=O)NCCCNC1CC(C)NC(NC(=O)NC2CCC(OC(F)(F)F)CC2)N1. The molecular weight excluding hydrogens is 405 g/mol. The zero-order valence-corrected chi connectivity index (χ0v) is 17.4. The van der Waals surface area contributed by atoms with Crippen molar-refractivity contribution >= 4 is 11.9 Å². The van der Waals surface area contributed by atoms with Crippen LogP contribution in [-0.2, 0) is 9.53 Å². The Morgan fingerprint density at radius 3 is 2.40 bits per heavy atom. The van der Waals surface area contributed by atoms with Gasteiger partial charge in [-0.15, -0.1) is 13.2 Å². The Kier molecular flexibility index (Phi) is 9.59. The molecule has 0 bridgehead atoms. The van der Waals surface area contributed by atoms with Crippen LogP contribution in [0.25, 0.3) is 0 Å². The molecule has 174 valence electrons. The second-order valence-electron chi connectivity index (χ2n) is 7.90. The van der Waals surface area contributed by atoms with Crippen molar-refractivity contribution in [1.82, 2.24) is 31.9 Å². The zero-order chi connectivity index (χ0) is 22.1. The predicted molar refractivity (Wildman–Crippen MR) is 104 cm³/mol. The highest BCUT2D eigenvalue weighted by Gasteiger charge is 2.35. The summed E-state index contributed by atoms with van der Waals surface area (Å²) in [6.07, 6.45) is -2.90. The molecule has 3 amide bonds. The molecule has 30 heavy (non-hydrogen) atoms. The summed E-state index contributed by atoms with van der Waals surface area (Å²) in [6.45, 7) is 4.81. The van der Waals surface area contributed by atoms with Crippen LogP contribution in [0.4, 0.5) is 18.0 Å². The number of hydrogen-bond donors (Lipinski definition) is 6. The minimum absolute atomic E-state index is 0.00108. The first kappa shape index (κ1) is 24.6. The fourth-order valence-electron chi connectivity index (χ4n) is 3.75. The van der Waals surface area contributed by atoms with Crippen molar-refractivity contribution in [2.24, 2.45) is 0 Å². The number of halogens is 3. The first-order valence-corrected chi connectivity index (χ1v) is 10.4. The van der Waals surface area contributed by atoms with Gasteiger partial charge in [0.15, 0.2) is 0 Å². The van der Waals surface area contributed by atoms with Gasteiger partial charge in [-0.1, -0.05) is 0 Å². The third kappa shape index (κ3) is 9.92. The number of amides is 3. The standard InChI is InChI=1S/C18H33F3N6O3/c1-11-10-15(23-9-3-8-22-12(2)28)26-16(24-11)27-17(29)25-13-4-6-14(7-5-13)30-18(19,20)21/h11,13-16,23-24,26H,3-10H2,1-2H3,(H,22,28)(H2,25,27,29). The van der Waals surface area contributed by atoms with E-state index in [1.54, 1.807) is 0 Å². The van der Waals surface area contributed by atoms with Gasteiger partial charge >= 0.3 is 12.4 Å². The number of rotatable bonds is 8. The highest BCUT2D eigenvalue weighted by molar-refractivity contribution is 5.74. The molecule has 3 atom stereocenters. The number of urea groups is 1. The molecule has 6 N–H and O–H groups in total. The molecule has 0 aromatic rings. The third-order valence-corrected chi connectivity index (χ3v) is 5.11. The number of hydrogen-bond acceptors (Lipinski definition) is 6. The Morgan fingerprint density at radius 1 is 1.07 bits per heavy atom. The van der Waals surface area contributed by atoms with Crippen molar-refractivity contribution in [1.29, 1.82) is 0 Å². The second-order valence-corrected chi connectivity index (χ2v) is 7.90. The first-order valence-electron chi connectivity index (χ1n) is 10.4. The minimum Gasteiger partial charge on any atom is -0.356 e. The van der Waals surface area contributed by atoms with Crippen LogP contribution in [0.3, 0.4) is 0 Å². The molecule has 0 aromatic heterocycles. The minimum atomic E-state index is -4.62. The Hall–Kier alpha value is -1.63. The predicted octanol–water partition coefficient (Wildman–Crippen LogP) is 0.830. The van der Waals surface area contributed by atoms with E-state index in [1.807, 2.05) is 6.92 Å².